The lowest BCUT2D eigenvalue weighted by Crippen LogP contribution is -2.64. The van der Waals surface area contributed by atoms with Crippen LogP contribution in [0.3, 0.4) is 0 Å². The van der Waals surface area contributed by atoms with Gasteiger partial charge in [0.2, 0.25) is 0 Å². The fourth-order valence-electron chi connectivity index (χ4n) is 8.03. The van der Waals surface area contributed by atoms with Crippen molar-refractivity contribution in [3.05, 3.63) is 0 Å². The summed E-state index contributed by atoms with van der Waals surface area (Å²) < 4.78 is 259. The van der Waals surface area contributed by atoms with Gasteiger partial charge in [-0.05, 0) is 86.0 Å². The second kappa shape index (κ2) is 16.3. The number of ether oxygens (including phenoxy) is 2. The summed E-state index contributed by atoms with van der Waals surface area (Å²) in [4.78, 5) is 27.1. The number of carbonyl (C=O) groups is 2. The Morgan fingerprint density at radius 2 is 0.717 bits per heavy atom. The quantitative estimate of drug-likeness (QED) is 0.120. The smallest absolute Gasteiger partial charge is 0.426 e. The highest BCUT2D eigenvalue weighted by Gasteiger charge is 2.76. The first-order chi connectivity index (χ1) is 26.2. The van der Waals surface area contributed by atoms with Crippen LogP contribution in [0.1, 0.15) is 92.9 Å². The van der Waals surface area contributed by atoms with Gasteiger partial charge in [-0.3, -0.25) is 9.59 Å². The third-order valence-electron chi connectivity index (χ3n) is 12.2. The van der Waals surface area contributed by atoms with Crippen LogP contribution in [-0.2, 0) is 19.1 Å². The summed E-state index contributed by atoms with van der Waals surface area (Å²) in [6.45, 7) is 4.02. The normalized spacial score (nSPS) is 27.9. The van der Waals surface area contributed by atoms with Gasteiger partial charge in [0.1, 0.15) is 12.2 Å². The molecule has 2 aliphatic rings. The van der Waals surface area contributed by atoms with E-state index in [0.29, 0.717) is 0 Å². The van der Waals surface area contributed by atoms with Crippen molar-refractivity contribution in [2.24, 2.45) is 34.5 Å². The number of hydrogen-bond acceptors (Lipinski definition) is 8. The number of carbonyl (C=O) groups excluding carboxylic acids is 2. The molecule has 60 heavy (non-hydrogen) atoms. The van der Waals surface area contributed by atoms with Crippen molar-refractivity contribution in [1.29, 1.82) is 0 Å². The molecule has 354 valence electrons. The van der Waals surface area contributed by atoms with Crippen LogP contribution < -0.4 is 0 Å². The van der Waals surface area contributed by atoms with Crippen molar-refractivity contribution in [3.63, 3.8) is 0 Å². The van der Waals surface area contributed by atoms with E-state index in [4.69, 9.17) is 9.47 Å². The van der Waals surface area contributed by atoms with Crippen LogP contribution in [0.5, 0.6) is 0 Å². The predicted octanol–water partition coefficient (Wildman–Crippen LogP) is 8.81. The lowest BCUT2D eigenvalue weighted by molar-refractivity contribution is -0.392. The van der Waals surface area contributed by atoms with Crippen LogP contribution in [0.2, 0.25) is 0 Å². The zero-order valence-electron chi connectivity index (χ0n) is 32.3. The minimum absolute atomic E-state index is 0.0229. The van der Waals surface area contributed by atoms with Gasteiger partial charge in [0.25, 0.3) is 11.2 Å². The Bertz CT molecular complexity index is 1500. The maximum Gasteiger partial charge on any atom is 0.426 e. The van der Waals surface area contributed by atoms with E-state index >= 15 is 0 Å². The molecule has 2 aliphatic carbocycles. The van der Waals surface area contributed by atoms with Gasteiger partial charge in [-0.15, -0.1) is 0 Å². The molecule has 2 rings (SSSR count). The third kappa shape index (κ3) is 9.99. The monoisotopic (exact) mass is 922 g/mol. The zero-order valence-corrected chi connectivity index (χ0v) is 32.3. The van der Waals surface area contributed by atoms with E-state index in [0.717, 1.165) is 20.8 Å². The van der Waals surface area contributed by atoms with E-state index in [-0.39, 0.29) is 13.8 Å². The Labute approximate surface area is 329 Å². The van der Waals surface area contributed by atoms with Gasteiger partial charge in [-0.1, -0.05) is 6.92 Å². The first kappa shape index (κ1) is 53.7. The summed E-state index contributed by atoms with van der Waals surface area (Å²) in [6.07, 6.45) is -52.8. The Kier molecular flexibility index (Phi) is 14.5. The van der Waals surface area contributed by atoms with E-state index in [1.165, 1.54) is 6.92 Å². The standard InChI is InChI=1S/C34H44F18O8/c1-7-24(4,22(54)60-20-11-16(26(6,56)30(38,39)40)9-18(13-20)28(58,33(47,48)49)34(50,51)52)14-23(2,3)21(53)59-19-10-15(25(5,55)29(35,36)37)8-17(12-19)27(57,31(41,42)43)32(44,45)46/h15-20,55-58H,7-14H2,1-6H3. The molecule has 26 heteroatoms. The predicted molar refractivity (Wildman–Crippen MR) is 166 cm³/mol. The Hall–Kier alpha value is -2.48. The number of aliphatic hydroxyl groups is 4. The van der Waals surface area contributed by atoms with Crippen molar-refractivity contribution in [1.82, 2.24) is 0 Å². The van der Waals surface area contributed by atoms with Crippen LogP contribution in [0.15, 0.2) is 0 Å². The van der Waals surface area contributed by atoms with E-state index < -0.39 is 169 Å². The van der Waals surface area contributed by atoms with Gasteiger partial charge in [0.15, 0.2) is 11.2 Å². The first-order valence-corrected chi connectivity index (χ1v) is 17.9. The summed E-state index contributed by atoms with van der Waals surface area (Å²) >= 11 is 0. The summed E-state index contributed by atoms with van der Waals surface area (Å²) in [6, 6.07) is 0. The lowest BCUT2D eigenvalue weighted by Gasteiger charge is -2.48. The molecule has 0 saturated heterocycles. The minimum Gasteiger partial charge on any atom is -0.462 e. The molecule has 0 aromatic heterocycles. The van der Waals surface area contributed by atoms with Crippen LogP contribution in [0.25, 0.3) is 0 Å². The highest BCUT2D eigenvalue weighted by Crippen LogP contribution is 2.57. The molecule has 0 aromatic rings. The molecule has 2 saturated carbocycles. The molecule has 0 spiro atoms. The average molecular weight is 923 g/mol. The maximum absolute atomic E-state index is 13.8. The van der Waals surface area contributed by atoms with Gasteiger partial charge in [0.05, 0.1) is 10.8 Å². The van der Waals surface area contributed by atoms with Crippen molar-refractivity contribution in [2.75, 3.05) is 0 Å². The largest absolute Gasteiger partial charge is 0.462 e. The third-order valence-corrected chi connectivity index (χ3v) is 12.2. The van der Waals surface area contributed by atoms with Gasteiger partial charge in [-0.25, -0.2) is 0 Å². The summed E-state index contributed by atoms with van der Waals surface area (Å²) in [5.74, 6) is -14.8. The molecule has 0 radical (unpaired) electrons. The van der Waals surface area contributed by atoms with E-state index in [1.54, 1.807) is 0 Å². The van der Waals surface area contributed by atoms with E-state index in [9.17, 15) is 109 Å². The molecular formula is C34H44F18O8. The van der Waals surface area contributed by atoms with Crippen LogP contribution in [0.4, 0.5) is 79.0 Å². The maximum atomic E-state index is 13.8. The molecular weight excluding hydrogens is 878 g/mol. The number of rotatable bonds is 11. The lowest BCUT2D eigenvalue weighted by atomic mass is 9.66. The van der Waals surface area contributed by atoms with Crippen LogP contribution >= 0.6 is 0 Å². The number of halogens is 18. The van der Waals surface area contributed by atoms with Crippen LogP contribution in [-0.4, -0.2) is 104 Å². The molecule has 0 heterocycles. The second-order valence-electron chi connectivity index (χ2n) is 17.0. The second-order valence-corrected chi connectivity index (χ2v) is 17.0. The molecule has 8 nitrogen and oxygen atoms in total. The molecule has 4 N–H and O–H groups in total. The van der Waals surface area contributed by atoms with Gasteiger partial charge < -0.3 is 29.9 Å². The van der Waals surface area contributed by atoms with Crippen molar-refractivity contribution in [2.45, 2.75) is 165 Å². The molecule has 9 unspecified atom stereocenters. The first-order valence-electron chi connectivity index (χ1n) is 17.9. The summed E-state index contributed by atoms with van der Waals surface area (Å²) in [5, 5.41) is 40.6. The molecule has 0 aromatic carbocycles. The Morgan fingerprint density at radius 3 is 0.967 bits per heavy atom. The van der Waals surface area contributed by atoms with Gasteiger partial charge >= 0.3 is 49.0 Å². The fourth-order valence-corrected chi connectivity index (χ4v) is 8.03. The number of hydrogen-bond donors (Lipinski definition) is 4. The van der Waals surface area contributed by atoms with Gasteiger partial charge in [-0.2, -0.15) is 79.0 Å². The molecule has 0 bridgehead atoms. The highest BCUT2D eigenvalue weighted by atomic mass is 19.4. The topological polar surface area (TPSA) is 134 Å². The molecule has 9 atom stereocenters. The Morgan fingerprint density at radius 1 is 0.450 bits per heavy atom. The summed E-state index contributed by atoms with van der Waals surface area (Å²) in [5.41, 5.74) is -23.7. The fraction of sp³-hybridized carbons (Fsp3) is 0.941. The Balaban J connectivity index is 2.52. The van der Waals surface area contributed by atoms with Crippen molar-refractivity contribution in [3.8, 4) is 0 Å². The van der Waals surface area contributed by atoms with Crippen LogP contribution in [0, 0.1) is 34.5 Å². The van der Waals surface area contributed by atoms with Crippen molar-refractivity contribution < 1.29 is 119 Å². The van der Waals surface area contributed by atoms with E-state index in [2.05, 4.69) is 0 Å². The SMILES string of the molecule is CCC(C)(CC(C)(C)C(=O)OC1CC(C(C)(O)C(F)(F)F)CC(C(O)(C(F)(F)F)C(F)(F)F)C1)C(=O)OC1CC(C(C)(O)C(F)(F)F)CC(C(O)(C(F)(F)F)C(F)(F)F)C1. The van der Waals surface area contributed by atoms with Crippen molar-refractivity contribution >= 4 is 11.9 Å². The highest BCUT2D eigenvalue weighted by molar-refractivity contribution is 5.80. The van der Waals surface area contributed by atoms with Gasteiger partial charge in [0, 0.05) is 23.7 Å². The zero-order chi connectivity index (χ0) is 47.7. The summed E-state index contributed by atoms with van der Waals surface area (Å²) in [7, 11) is 0. The van der Waals surface area contributed by atoms with E-state index in [1.807, 2.05) is 0 Å². The number of esters is 2. The average Bonchev–Trinajstić information content (AvgIpc) is 3.03. The minimum atomic E-state index is -6.57. The molecule has 2 fully saturated rings. The molecule has 0 aliphatic heterocycles. The molecule has 0 amide bonds. The number of alkyl halides is 18.